The summed E-state index contributed by atoms with van der Waals surface area (Å²) in [5.41, 5.74) is 1.11. The highest BCUT2D eigenvalue weighted by atomic mass is 35.5. The molecule has 0 fully saturated rings. The second-order valence-electron chi connectivity index (χ2n) is 6.46. The normalized spacial score (nSPS) is 11.0. The van der Waals surface area contributed by atoms with E-state index in [9.17, 15) is 18.0 Å². The van der Waals surface area contributed by atoms with E-state index < -0.39 is 16.0 Å². The Bertz CT molecular complexity index is 1220. The molecule has 0 aliphatic heterocycles. The number of carbonyl (C=O) groups is 2. The third-order valence-electron chi connectivity index (χ3n) is 4.41. The van der Waals surface area contributed by atoms with Crippen LogP contribution in [0, 0.1) is 6.92 Å². The lowest BCUT2D eigenvalue weighted by atomic mass is 10.0. The third-order valence-corrected chi connectivity index (χ3v) is 6.15. The number of ketones is 1. The van der Waals surface area contributed by atoms with Crippen LogP contribution in [-0.2, 0) is 14.8 Å². The summed E-state index contributed by atoms with van der Waals surface area (Å²) in [6, 6.07) is 17.0. The molecule has 3 aromatic rings. The van der Waals surface area contributed by atoms with Gasteiger partial charge < -0.3 is 4.74 Å². The second kappa shape index (κ2) is 8.69. The molecule has 0 saturated carbocycles. The maximum atomic E-state index is 13.1. The van der Waals surface area contributed by atoms with Crippen molar-refractivity contribution in [2.45, 2.75) is 11.8 Å². The van der Waals surface area contributed by atoms with Gasteiger partial charge in [0.15, 0.2) is 5.78 Å². The Morgan fingerprint density at radius 2 is 1.63 bits per heavy atom. The number of hydrogen-bond donors (Lipinski definition) is 1. The van der Waals surface area contributed by atoms with E-state index >= 15 is 0 Å². The van der Waals surface area contributed by atoms with Crippen LogP contribution < -0.4 is 4.72 Å². The summed E-state index contributed by atoms with van der Waals surface area (Å²) in [5, 5.41) is 0.293. The zero-order valence-electron chi connectivity index (χ0n) is 16.2. The van der Waals surface area contributed by atoms with E-state index in [0.29, 0.717) is 16.1 Å². The Labute approximate surface area is 179 Å². The topological polar surface area (TPSA) is 89.5 Å². The smallest absolute Gasteiger partial charge is 0.337 e. The van der Waals surface area contributed by atoms with E-state index in [1.54, 1.807) is 37.3 Å². The van der Waals surface area contributed by atoms with Crippen molar-refractivity contribution in [3.63, 3.8) is 0 Å². The highest BCUT2D eigenvalue weighted by Crippen LogP contribution is 2.27. The van der Waals surface area contributed by atoms with Crippen LogP contribution >= 0.6 is 11.6 Å². The van der Waals surface area contributed by atoms with Gasteiger partial charge in [-0.2, -0.15) is 0 Å². The average molecular weight is 444 g/mol. The van der Waals surface area contributed by atoms with Crippen molar-refractivity contribution in [3.05, 3.63) is 94.0 Å². The summed E-state index contributed by atoms with van der Waals surface area (Å²) < 4.78 is 33.3. The van der Waals surface area contributed by atoms with Gasteiger partial charge in [-0.15, -0.1) is 0 Å². The number of sulfonamides is 1. The summed E-state index contributed by atoms with van der Waals surface area (Å²) in [4.78, 5) is 24.6. The van der Waals surface area contributed by atoms with E-state index in [2.05, 4.69) is 9.46 Å². The molecule has 30 heavy (non-hydrogen) atoms. The number of esters is 1. The zero-order valence-corrected chi connectivity index (χ0v) is 17.8. The van der Waals surface area contributed by atoms with Gasteiger partial charge in [-0.3, -0.25) is 9.52 Å². The van der Waals surface area contributed by atoms with Gasteiger partial charge in [-0.1, -0.05) is 48.0 Å². The number of carbonyl (C=O) groups excluding carboxylic acids is 2. The van der Waals surface area contributed by atoms with Gasteiger partial charge in [0.2, 0.25) is 0 Å². The summed E-state index contributed by atoms with van der Waals surface area (Å²) in [6.07, 6.45) is 0. The van der Waals surface area contributed by atoms with Crippen molar-refractivity contribution in [3.8, 4) is 0 Å². The lowest BCUT2D eigenvalue weighted by molar-refractivity contribution is 0.0600. The molecule has 6 nitrogen and oxygen atoms in total. The average Bonchev–Trinajstić information content (AvgIpc) is 2.74. The van der Waals surface area contributed by atoms with Crippen LogP contribution in [0.1, 0.15) is 31.8 Å². The Morgan fingerprint density at radius 3 is 2.30 bits per heavy atom. The molecule has 154 valence electrons. The number of hydrogen-bond acceptors (Lipinski definition) is 5. The molecule has 0 aliphatic carbocycles. The highest BCUT2D eigenvalue weighted by Gasteiger charge is 2.23. The standard InChI is InChI=1S/C22H18ClNO5S/c1-14-8-9-16(22(26)29-2)12-20(14)30(27,28)24-19-11-10-17(23)13-18(19)21(25)15-6-4-3-5-7-15/h3-13,24H,1-2H3. The van der Waals surface area contributed by atoms with Gasteiger partial charge in [-0.05, 0) is 42.8 Å². The Morgan fingerprint density at radius 1 is 0.933 bits per heavy atom. The first-order valence-corrected chi connectivity index (χ1v) is 10.7. The van der Waals surface area contributed by atoms with E-state index in [1.807, 2.05) is 0 Å². The van der Waals surface area contributed by atoms with Crippen molar-refractivity contribution in [2.24, 2.45) is 0 Å². The molecule has 0 spiro atoms. The molecule has 0 saturated heterocycles. The number of anilines is 1. The monoisotopic (exact) mass is 443 g/mol. The van der Waals surface area contributed by atoms with Crippen LogP contribution in [0.2, 0.25) is 5.02 Å². The zero-order chi connectivity index (χ0) is 21.9. The first kappa shape index (κ1) is 21.5. The predicted molar refractivity (Wildman–Crippen MR) is 115 cm³/mol. The molecule has 0 heterocycles. The van der Waals surface area contributed by atoms with Crippen molar-refractivity contribution in [1.82, 2.24) is 0 Å². The number of ether oxygens (including phenoxy) is 1. The number of benzene rings is 3. The quantitative estimate of drug-likeness (QED) is 0.448. The molecule has 0 radical (unpaired) electrons. The first-order chi connectivity index (χ1) is 14.2. The van der Waals surface area contributed by atoms with Crippen molar-refractivity contribution < 1.29 is 22.7 Å². The molecule has 1 N–H and O–H groups in total. The first-order valence-electron chi connectivity index (χ1n) is 8.84. The van der Waals surface area contributed by atoms with Gasteiger partial charge in [0, 0.05) is 16.1 Å². The minimum Gasteiger partial charge on any atom is -0.465 e. The lowest BCUT2D eigenvalue weighted by Crippen LogP contribution is -2.18. The number of methoxy groups -OCH3 is 1. The number of halogens is 1. The molecule has 0 bridgehead atoms. The van der Waals surface area contributed by atoms with Gasteiger partial charge in [0.1, 0.15) is 0 Å². The van der Waals surface area contributed by atoms with Gasteiger partial charge >= 0.3 is 5.97 Å². The van der Waals surface area contributed by atoms with Crippen LogP contribution in [-0.4, -0.2) is 27.3 Å². The van der Waals surface area contributed by atoms with Crippen LogP contribution in [0.15, 0.2) is 71.6 Å². The van der Waals surface area contributed by atoms with E-state index in [0.717, 1.165) is 0 Å². The van der Waals surface area contributed by atoms with E-state index in [1.165, 1.54) is 43.5 Å². The number of aryl methyl sites for hydroxylation is 1. The molecule has 3 rings (SSSR count). The maximum absolute atomic E-state index is 13.1. The molecule has 0 aliphatic rings. The molecule has 8 heteroatoms. The minimum atomic E-state index is -4.11. The molecular weight excluding hydrogens is 426 g/mol. The highest BCUT2D eigenvalue weighted by molar-refractivity contribution is 7.92. The second-order valence-corrected chi connectivity index (χ2v) is 8.55. The van der Waals surface area contributed by atoms with Gasteiger partial charge in [0.25, 0.3) is 10.0 Å². The maximum Gasteiger partial charge on any atom is 0.337 e. The van der Waals surface area contributed by atoms with E-state index in [-0.39, 0.29) is 27.5 Å². The van der Waals surface area contributed by atoms with Gasteiger partial charge in [0.05, 0.1) is 23.3 Å². The van der Waals surface area contributed by atoms with Crippen LogP contribution in [0.4, 0.5) is 5.69 Å². The minimum absolute atomic E-state index is 0.0797. The van der Waals surface area contributed by atoms with Crippen molar-refractivity contribution in [2.75, 3.05) is 11.8 Å². The number of nitrogens with one attached hydrogen (secondary N) is 1. The summed E-state index contributed by atoms with van der Waals surface area (Å²) in [6.45, 7) is 1.60. The van der Waals surface area contributed by atoms with Crippen LogP contribution in [0.5, 0.6) is 0 Å². The summed E-state index contributed by atoms with van der Waals surface area (Å²) in [5.74, 6) is -1.03. The van der Waals surface area contributed by atoms with Crippen molar-refractivity contribution >= 4 is 39.1 Å². The molecule has 0 aromatic heterocycles. The Kier molecular flexibility index (Phi) is 6.24. The number of rotatable bonds is 6. The molecule has 0 unspecified atom stereocenters. The SMILES string of the molecule is COC(=O)c1ccc(C)c(S(=O)(=O)Nc2ccc(Cl)cc2C(=O)c2ccccc2)c1. The fraction of sp³-hybridized carbons (Fsp3) is 0.0909. The predicted octanol–water partition coefficient (Wildman–Crippen LogP) is 4.47. The summed E-state index contributed by atoms with van der Waals surface area (Å²) >= 11 is 6.05. The van der Waals surface area contributed by atoms with E-state index in [4.69, 9.17) is 11.6 Å². The molecule has 0 atom stereocenters. The van der Waals surface area contributed by atoms with Crippen LogP contribution in [0.3, 0.4) is 0 Å². The van der Waals surface area contributed by atoms with Crippen molar-refractivity contribution in [1.29, 1.82) is 0 Å². The van der Waals surface area contributed by atoms with Crippen LogP contribution in [0.25, 0.3) is 0 Å². The Hall–Kier alpha value is -3.16. The fourth-order valence-corrected chi connectivity index (χ4v) is 4.40. The molecule has 3 aromatic carbocycles. The molecular formula is C22H18ClNO5S. The largest absolute Gasteiger partial charge is 0.465 e. The van der Waals surface area contributed by atoms with Gasteiger partial charge in [-0.25, -0.2) is 13.2 Å². The third kappa shape index (κ3) is 4.53. The summed E-state index contributed by atoms with van der Waals surface area (Å²) in [7, 11) is -2.90. The molecule has 0 amide bonds. The fourth-order valence-electron chi connectivity index (χ4n) is 2.87. The Balaban J connectivity index is 2.05. The lowest BCUT2D eigenvalue weighted by Gasteiger charge is -2.14.